The number of rotatable bonds is 3. The molecule has 0 saturated heterocycles. The number of aromatic nitrogens is 1. The predicted molar refractivity (Wildman–Crippen MR) is 54.7 cm³/mol. The van der Waals surface area contributed by atoms with Gasteiger partial charge in [-0.1, -0.05) is 12.1 Å². The Labute approximate surface area is 90.9 Å². The van der Waals surface area contributed by atoms with Gasteiger partial charge in [-0.2, -0.15) is 5.26 Å². The quantitative estimate of drug-likeness (QED) is 0.840. The molecule has 0 saturated carbocycles. The van der Waals surface area contributed by atoms with Crippen molar-refractivity contribution in [1.29, 1.82) is 5.26 Å². The van der Waals surface area contributed by atoms with E-state index >= 15 is 0 Å². The molecule has 1 aromatic heterocycles. The van der Waals surface area contributed by atoms with E-state index in [1.54, 1.807) is 18.2 Å². The standard InChI is InChI=1S/C11H8N2O3/c12-5-4-7-2-1-3-8-11(7)16-9(13-8)6-10(14)15/h1-3H,4,6H2,(H,14,15). The van der Waals surface area contributed by atoms with Crippen LogP contribution < -0.4 is 0 Å². The maximum atomic E-state index is 10.5. The van der Waals surface area contributed by atoms with Crippen LogP contribution in [0, 0.1) is 11.3 Å². The van der Waals surface area contributed by atoms with Crippen LogP contribution in [-0.2, 0) is 17.6 Å². The normalized spacial score (nSPS) is 10.2. The number of benzene rings is 1. The van der Waals surface area contributed by atoms with Crippen LogP contribution in [0.15, 0.2) is 22.6 Å². The fourth-order valence-corrected chi connectivity index (χ4v) is 1.48. The van der Waals surface area contributed by atoms with Crippen molar-refractivity contribution in [2.45, 2.75) is 12.8 Å². The lowest BCUT2D eigenvalue weighted by molar-refractivity contribution is -0.136. The molecule has 0 unspecified atom stereocenters. The van der Waals surface area contributed by atoms with E-state index in [1.807, 2.05) is 6.07 Å². The monoisotopic (exact) mass is 216 g/mol. The Kier molecular flexibility index (Phi) is 2.56. The van der Waals surface area contributed by atoms with Gasteiger partial charge in [0.2, 0.25) is 5.89 Å². The van der Waals surface area contributed by atoms with Gasteiger partial charge >= 0.3 is 5.97 Å². The maximum Gasteiger partial charge on any atom is 0.312 e. The summed E-state index contributed by atoms with van der Waals surface area (Å²) in [6.07, 6.45) is -0.0281. The first-order valence-corrected chi connectivity index (χ1v) is 4.67. The first kappa shape index (κ1) is 10.2. The molecule has 0 bridgehead atoms. The Morgan fingerprint density at radius 1 is 1.56 bits per heavy atom. The zero-order chi connectivity index (χ0) is 11.5. The lowest BCUT2D eigenvalue weighted by Crippen LogP contribution is -1.99. The van der Waals surface area contributed by atoms with Crippen LogP contribution in [0.2, 0.25) is 0 Å². The Morgan fingerprint density at radius 2 is 2.38 bits per heavy atom. The van der Waals surface area contributed by atoms with Crippen molar-refractivity contribution in [2.24, 2.45) is 0 Å². The molecule has 2 rings (SSSR count). The van der Waals surface area contributed by atoms with Crippen LogP contribution in [0.5, 0.6) is 0 Å². The number of fused-ring (bicyclic) bond motifs is 1. The van der Waals surface area contributed by atoms with Gasteiger partial charge in [0.05, 0.1) is 12.5 Å². The van der Waals surface area contributed by atoms with Gasteiger partial charge in [0, 0.05) is 5.56 Å². The third kappa shape index (κ3) is 1.86. The lowest BCUT2D eigenvalue weighted by atomic mass is 10.1. The average molecular weight is 216 g/mol. The highest BCUT2D eigenvalue weighted by Crippen LogP contribution is 2.20. The van der Waals surface area contributed by atoms with Crippen molar-refractivity contribution in [3.63, 3.8) is 0 Å². The topological polar surface area (TPSA) is 87.1 Å². The number of hydrogen-bond acceptors (Lipinski definition) is 4. The fraction of sp³-hybridized carbons (Fsp3) is 0.182. The van der Waals surface area contributed by atoms with Gasteiger partial charge in [-0.15, -0.1) is 0 Å². The predicted octanol–water partition coefficient (Wildman–Crippen LogP) is 1.52. The summed E-state index contributed by atoms with van der Waals surface area (Å²) in [5.41, 5.74) is 1.81. The van der Waals surface area contributed by atoms with E-state index in [2.05, 4.69) is 4.98 Å². The first-order chi connectivity index (χ1) is 7.70. The van der Waals surface area contributed by atoms with E-state index in [0.29, 0.717) is 11.1 Å². The summed E-state index contributed by atoms with van der Waals surface area (Å²) in [7, 11) is 0. The van der Waals surface area contributed by atoms with E-state index in [4.69, 9.17) is 14.8 Å². The molecule has 1 aromatic carbocycles. The summed E-state index contributed by atoms with van der Waals surface area (Å²) >= 11 is 0. The second kappa shape index (κ2) is 4.03. The van der Waals surface area contributed by atoms with Crippen LogP contribution in [0.3, 0.4) is 0 Å². The van der Waals surface area contributed by atoms with E-state index < -0.39 is 5.97 Å². The third-order valence-corrected chi connectivity index (χ3v) is 2.11. The number of nitrogens with zero attached hydrogens (tertiary/aromatic N) is 2. The Bertz CT molecular complexity index is 580. The van der Waals surface area contributed by atoms with Crippen LogP contribution in [-0.4, -0.2) is 16.1 Å². The Morgan fingerprint density at radius 3 is 3.06 bits per heavy atom. The van der Waals surface area contributed by atoms with Crippen LogP contribution in [0.25, 0.3) is 11.1 Å². The van der Waals surface area contributed by atoms with E-state index in [-0.39, 0.29) is 18.7 Å². The summed E-state index contributed by atoms with van der Waals surface area (Å²) in [5.74, 6) is -0.832. The molecular formula is C11H8N2O3. The minimum atomic E-state index is -0.992. The molecule has 0 aliphatic rings. The molecule has 0 fully saturated rings. The van der Waals surface area contributed by atoms with Crippen molar-refractivity contribution < 1.29 is 14.3 Å². The summed E-state index contributed by atoms with van der Waals surface area (Å²) < 4.78 is 5.32. The molecule has 0 spiro atoms. The highest BCUT2D eigenvalue weighted by atomic mass is 16.4. The molecule has 1 heterocycles. The van der Waals surface area contributed by atoms with Gasteiger partial charge in [0.25, 0.3) is 0 Å². The molecule has 5 nitrogen and oxygen atoms in total. The zero-order valence-corrected chi connectivity index (χ0v) is 8.30. The lowest BCUT2D eigenvalue weighted by Gasteiger charge is -1.93. The van der Waals surface area contributed by atoms with Gasteiger partial charge in [-0.25, -0.2) is 4.98 Å². The molecule has 0 radical (unpaired) electrons. The number of oxazole rings is 1. The summed E-state index contributed by atoms with van der Waals surface area (Å²) in [6.45, 7) is 0. The number of hydrogen-bond donors (Lipinski definition) is 1. The Balaban J connectivity index is 2.48. The van der Waals surface area contributed by atoms with Gasteiger partial charge in [-0.3, -0.25) is 4.79 Å². The molecule has 2 aromatic rings. The minimum absolute atomic E-state index is 0.160. The van der Waals surface area contributed by atoms with Crippen molar-refractivity contribution in [1.82, 2.24) is 4.98 Å². The summed E-state index contributed by atoms with van der Waals surface area (Å²) in [4.78, 5) is 14.5. The molecule has 16 heavy (non-hydrogen) atoms. The maximum absolute atomic E-state index is 10.5. The van der Waals surface area contributed by atoms with Crippen LogP contribution >= 0.6 is 0 Å². The molecule has 0 atom stereocenters. The number of carboxylic acids is 1. The minimum Gasteiger partial charge on any atom is -0.481 e. The molecule has 80 valence electrons. The second-order valence-corrected chi connectivity index (χ2v) is 3.28. The van der Waals surface area contributed by atoms with Gasteiger partial charge < -0.3 is 9.52 Å². The van der Waals surface area contributed by atoms with E-state index in [9.17, 15) is 4.79 Å². The van der Waals surface area contributed by atoms with Crippen molar-refractivity contribution in [2.75, 3.05) is 0 Å². The number of para-hydroxylation sites is 1. The van der Waals surface area contributed by atoms with Crippen LogP contribution in [0.1, 0.15) is 11.5 Å². The number of aliphatic carboxylic acids is 1. The van der Waals surface area contributed by atoms with Gasteiger partial charge in [-0.05, 0) is 6.07 Å². The number of carboxylic acid groups (broad SMARTS) is 1. The van der Waals surface area contributed by atoms with Crippen molar-refractivity contribution >= 4 is 17.1 Å². The smallest absolute Gasteiger partial charge is 0.312 e. The molecule has 5 heteroatoms. The van der Waals surface area contributed by atoms with Crippen LogP contribution in [0.4, 0.5) is 0 Å². The summed E-state index contributed by atoms with van der Waals surface area (Å²) in [6, 6.07) is 7.28. The zero-order valence-electron chi connectivity index (χ0n) is 8.30. The van der Waals surface area contributed by atoms with Gasteiger partial charge in [0.15, 0.2) is 5.58 Å². The van der Waals surface area contributed by atoms with E-state index in [1.165, 1.54) is 0 Å². The third-order valence-electron chi connectivity index (χ3n) is 2.11. The Hall–Kier alpha value is -2.35. The molecule has 0 aliphatic carbocycles. The molecule has 0 amide bonds. The SMILES string of the molecule is N#CCc1cccc2nc(CC(=O)O)oc12. The van der Waals surface area contributed by atoms with E-state index in [0.717, 1.165) is 5.56 Å². The van der Waals surface area contributed by atoms with Crippen molar-refractivity contribution in [3.8, 4) is 6.07 Å². The highest BCUT2D eigenvalue weighted by molar-refractivity contribution is 5.78. The second-order valence-electron chi connectivity index (χ2n) is 3.28. The molecule has 1 N–H and O–H groups in total. The van der Waals surface area contributed by atoms with Gasteiger partial charge in [0.1, 0.15) is 11.9 Å². The number of nitriles is 1. The molecule has 0 aliphatic heterocycles. The highest BCUT2D eigenvalue weighted by Gasteiger charge is 2.11. The molecular weight excluding hydrogens is 208 g/mol. The largest absolute Gasteiger partial charge is 0.481 e. The fourth-order valence-electron chi connectivity index (χ4n) is 1.48. The first-order valence-electron chi connectivity index (χ1n) is 4.67. The average Bonchev–Trinajstić information content (AvgIpc) is 2.60. The number of carbonyl (C=O) groups is 1. The van der Waals surface area contributed by atoms with Crippen molar-refractivity contribution in [3.05, 3.63) is 29.7 Å². The summed E-state index contributed by atoms with van der Waals surface area (Å²) in [5, 5.41) is 17.2.